The van der Waals surface area contributed by atoms with Crippen LogP contribution in [-0.2, 0) is 4.74 Å². The number of amides is 1. The number of piperidine rings is 1. The van der Waals surface area contributed by atoms with Crippen molar-refractivity contribution < 1.29 is 9.53 Å². The van der Waals surface area contributed by atoms with Crippen LogP contribution in [0.5, 0.6) is 0 Å². The van der Waals surface area contributed by atoms with Crippen LogP contribution < -0.4 is 4.90 Å². The molecule has 4 heterocycles. The van der Waals surface area contributed by atoms with Crippen LogP contribution in [0.25, 0.3) is 0 Å². The average Bonchev–Trinajstić information content (AvgIpc) is 3.02. The van der Waals surface area contributed by atoms with Gasteiger partial charge in [0, 0.05) is 61.5 Å². The fourth-order valence-electron chi connectivity index (χ4n) is 6.85. The molecule has 4 aliphatic rings. The number of carbonyl (C=O) groups excluding carboxylic acids is 1. The Hall–Kier alpha value is -2.27. The molecule has 35 heavy (non-hydrogen) atoms. The van der Waals surface area contributed by atoms with Gasteiger partial charge in [0.1, 0.15) is 5.60 Å². The minimum Gasteiger partial charge on any atom is -0.444 e. The number of carbonyl (C=O) groups is 1. The lowest BCUT2D eigenvalue weighted by Crippen LogP contribution is -2.64. The molecule has 8 nitrogen and oxygen atoms in total. The first-order chi connectivity index (χ1) is 16.2. The highest BCUT2D eigenvalue weighted by atomic mass is 16.6. The molecule has 1 atom stereocenters. The zero-order valence-electron chi connectivity index (χ0n) is 22.6. The fraction of sp³-hybridized carbons (Fsp3) is 0.815. The van der Waals surface area contributed by atoms with E-state index in [0.29, 0.717) is 12.1 Å². The lowest BCUT2D eigenvalue weighted by Gasteiger charge is -2.58. The van der Waals surface area contributed by atoms with E-state index in [2.05, 4.69) is 54.3 Å². The summed E-state index contributed by atoms with van der Waals surface area (Å²) in [6, 6.07) is 5.68. The molecule has 4 fully saturated rings. The second kappa shape index (κ2) is 7.86. The highest BCUT2D eigenvalue weighted by Crippen LogP contribution is 2.54. The lowest BCUT2D eigenvalue weighted by atomic mass is 9.61. The molecule has 1 aliphatic carbocycles. The van der Waals surface area contributed by atoms with Crippen molar-refractivity contribution in [2.24, 2.45) is 10.8 Å². The molecule has 0 N–H and O–H groups in total. The number of anilines is 1. The standard InChI is InChI=1S/C27H42N6O2/c1-19-10-22(32-9-8-20(11-25(32,5)6)30-15-26(7,14-28)16-30)29-33(19)21-12-27(13-21)17-31(18-27)23(34)35-24(2,3)4/h10,20-21H,8-9,11-13,15-18H2,1-7H3. The van der Waals surface area contributed by atoms with Crippen LogP contribution in [0.4, 0.5) is 10.6 Å². The first-order valence-corrected chi connectivity index (χ1v) is 13.2. The minimum atomic E-state index is -0.445. The van der Waals surface area contributed by atoms with E-state index in [1.54, 1.807) is 0 Å². The van der Waals surface area contributed by atoms with Crippen LogP contribution in [0.3, 0.4) is 0 Å². The Labute approximate surface area is 210 Å². The number of likely N-dealkylation sites (tertiary alicyclic amines) is 2. The molecule has 0 radical (unpaired) electrons. The molecule has 5 rings (SSSR count). The Balaban J connectivity index is 1.17. The van der Waals surface area contributed by atoms with Gasteiger partial charge in [0.05, 0.1) is 17.5 Å². The molecule has 1 aromatic heterocycles. The van der Waals surface area contributed by atoms with Gasteiger partial charge >= 0.3 is 6.09 Å². The molecular formula is C27H42N6O2. The van der Waals surface area contributed by atoms with Gasteiger partial charge in [0.15, 0.2) is 5.82 Å². The Bertz CT molecular complexity index is 1030. The van der Waals surface area contributed by atoms with Crippen LogP contribution in [0.2, 0.25) is 0 Å². The average molecular weight is 483 g/mol. The van der Waals surface area contributed by atoms with E-state index in [1.807, 2.05) is 25.7 Å². The zero-order chi connectivity index (χ0) is 25.4. The van der Waals surface area contributed by atoms with Crippen LogP contribution >= 0.6 is 0 Å². The van der Waals surface area contributed by atoms with E-state index in [4.69, 9.17) is 9.84 Å². The quantitative estimate of drug-likeness (QED) is 0.637. The van der Waals surface area contributed by atoms with Gasteiger partial charge in [0.25, 0.3) is 0 Å². The maximum absolute atomic E-state index is 12.3. The molecule has 192 valence electrons. The molecule has 1 saturated carbocycles. The van der Waals surface area contributed by atoms with Crippen molar-refractivity contribution in [2.75, 3.05) is 37.6 Å². The summed E-state index contributed by atoms with van der Waals surface area (Å²) in [4.78, 5) is 19.1. The monoisotopic (exact) mass is 482 g/mol. The van der Waals surface area contributed by atoms with Crippen molar-refractivity contribution in [3.63, 3.8) is 0 Å². The van der Waals surface area contributed by atoms with Gasteiger partial charge < -0.3 is 14.5 Å². The molecule has 3 aliphatic heterocycles. The van der Waals surface area contributed by atoms with Gasteiger partial charge in [-0.05, 0) is 74.1 Å². The normalized spacial score (nSPS) is 27.5. The van der Waals surface area contributed by atoms with Gasteiger partial charge in [-0.25, -0.2) is 4.79 Å². The summed E-state index contributed by atoms with van der Waals surface area (Å²) in [7, 11) is 0. The van der Waals surface area contributed by atoms with Crippen molar-refractivity contribution in [3.8, 4) is 6.07 Å². The topological polar surface area (TPSA) is 77.6 Å². The Morgan fingerprint density at radius 3 is 2.34 bits per heavy atom. The largest absolute Gasteiger partial charge is 0.444 e. The van der Waals surface area contributed by atoms with E-state index in [0.717, 1.165) is 64.2 Å². The molecule has 1 aromatic rings. The first-order valence-electron chi connectivity index (χ1n) is 13.2. The van der Waals surface area contributed by atoms with Gasteiger partial charge in [0.2, 0.25) is 0 Å². The van der Waals surface area contributed by atoms with Crippen LogP contribution in [0, 0.1) is 29.1 Å². The Kier molecular flexibility index (Phi) is 5.49. The summed E-state index contributed by atoms with van der Waals surface area (Å²) in [6.45, 7) is 19.0. The summed E-state index contributed by atoms with van der Waals surface area (Å²) in [6.07, 6.45) is 4.17. The van der Waals surface area contributed by atoms with Gasteiger partial charge in [-0.1, -0.05) is 0 Å². The predicted octanol–water partition coefficient (Wildman–Crippen LogP) is 4.36. The number of nitrogens with zero attached hydrogens (tertiary/aromatic N) is 6. The molecular weight excluding hydrogens is 440 g/mol. The number of nitriles is 1. The summed E-state index contributed by atoms with van der Waals surface area (Å²) in [5.74, 6) is 1.08. The third-order valence-electron chi connectivity index (χ3n) is 8.62. The van der Waals surface area contributed by atoms with Gasteiger partial charge in [-0.3, -0.25) is 9.58 Å². The van der Waals surface area contributed by atoms with Gasteiger partial charge in [-0.2, -0.15) is 10.4 Å². The Morgan fingerprint density at radius 1 is 1.11 bits per heavy atom. The third-order valence-corrected chi connectivity index (χ3v) is 8.62. The minimum absolute atomic E-state index is 0.0237. The summed E-state index contributed by atoms with van der Waals surface area (Å²) >= 11 is 0. The van der Waals surface area contributed by atoms with Crippen LogP contribution in [-0.4, -0.2) is 75.6 Å². The number of hydrogen-bond acceptors (Lipinski definition) is 6. The van der Waals surface area contributed by atoms with E-state index >= 15 is 0 Å². The summed E-state index contributed by atoms with van der Waals surface area (Å²) in [5, 5.41) is 14.5. The number of rotatable bonds is 3. The lowest BCUT2D eigenvalue weighted by molar-refractivity contribution is -0.0930. The maximum Gasteiger partial charge on any atom is 0.410 e. The van der Waals surface area contributed by atoms with Crippen molar-refractivity contribution in [2.45, 2.75) is 97.4 Å². The number of aryl methyl sites for hydroxylation is 1. The summed E-state index contributed by atoms with van der Waals surface area (Å²) in [5.41, 5.74) is 0.873. The smallest absolute Gasteiger partial charge is 0.410 e. The fourth-order valence-corrected chi connectivity index (χ4v) is 6.85. The first kappa shape index (κ1) is 24.4. The van der Waals surface area contributed by atoms with Crippen molar-refractivity contribution in [1.82, 2.24) is 19.6 Å². The van der Waals surface area contributed by atoms with E-state index in [-0.39, 0.29) is 22.5 Å². The Morgan fingerprint density at radius 2 is 1.77 bits per heavy atom. The molecule has 1 spiro atoms. The maximum atomic E-state index is 12.3. The van der Waals surface area contributed by atoms with E-state index in [1.165, 1.54) is 5.69 Å². The predicted molar refractivity (Wildman–Crippen MR) is 135 cm³/mol. The van der Waals surface area contributed by atoms with Crippen molar-refractivity contribution >= 4 is 11.9 Å². The molecule has 0 bridgehead atoms. The number of aromatic nitrogens is 2. The summed E-state index contributed by atoms with van der Waals surface area (Å²) < 4.78 is 7.75. The molecule has 1 amide bonds. The molecule has 3 saturated heterocycles. The van der Waals surface area contributed by atoms with E-state index < -0.39 is 5.60 Å². The van der Waals surface area contributed by atoms with Crippen molar-refractivity contribution in [1.29, 1.82) is 5.26 Å². The molecule has 0 aromatic carbocycles. The van der Waals surface area contributed by atoms with Crippen molar-refractivity contribution in [3.05, 3.63) is 11.8 Å². The third kappa shape index (κ3) is 4.41. The number of ether oxygens (including phenoxy) is 1. The number of hydrogen-bond donors (Lipinski definition) is 0. The SMILES string of the molecule is Cc1cc(N2CCC(N3CC(C)(C#N)C3)CC2(C)C)nn1C1CC2(C1)CN(C(=O)OC(C)(C)C)C2. The second-order valence-electron chi connectivity index (χ2n) is 13.7. The van der Waals surface area contributed by atoms with Crippen LogP contribution in [0.1, 0.15) is 79.0 Å². The molecule has 8 heteroatoms. The van der Waals surface area contributed by atoms with E-state index in [9.17, 15) is 10.1 Å². The highest BCUT2D eigenvalue weighted by Gasteiger charge is 2.55. The zero-order valence-corrected chi connectivity index (χ0v) is 22.6. The van der Waals surface area contributed by atoms with Gasteiger partial charge in [-0.15, -0.1) is 0 Å². The second-order valence-corrected chi connectivity index (χ2v) is 13.7. The molecule has 1 unspecified atom stereocenters. The highest BCUT2D eigenvalue weighted by molar-refractivity contribution is 5.69. The van der Waals surface area contributed by atoms with Crippen LogP contribution in [0.15, 0.2) is 6.07 Å².